The highest BCUT2D eigenvalue weighted by Gasteiger charge is 2.43. The van der Waals surface area contributed by atoms with Gasteiger partial charge in [0.15, 0.2) is 0 Å². The minimum Gasteiger partial charge on any atom is -0.464 e. The monoisotopic (exact) mass is 445 g/mol. The Labute approximate surface area is 193 Å². The zero-order valence-corrected chi connectivity index (χ0v) is 19.1. The Morgan fingerprint density at radius 2 is 1.50 bits per heavy atom. The lowest BCUT2D eigenvalue weighted by molar-refractivity contribution is -0.149. The lowest BCUT2D eigenvalue weighted by Gasteiger charge is -2.29. The Kier molecular flexibility index (Phi) is 6.96. The maximum absolute atomic E-state index is 13.6. The second-order valence-electron chi connectivity index (χ2n) is 8.29. The van der Waals surface area contributed by atoms with Gasteiger partial charge in [0, 0.05) is 11.3 Å². The summed E-state index contributed by atoms with van der Waals surface area (Å²) in [5.41, 5.74) is 3.71. The molecule has 164 valence electrons. The molecule has 0 aliphatic carbocycles. The first-order valence-corrected chi connectivity index (χ1v) is 11.9. The lowest BCUT2D eigenvalue weighted by atomic mass is 10.0. The molecule has 5 heteroatoms. The number of rotatable bonds is 6. The molecule has 0 spiro atoms. The standard InChI is InChI=1S/C27H27NO3S/c1-19(2)17-31-27(30)24-18-32-26(23-11-7-4-8-12-23)28(24)25(29)22-15-13-21(14-16-22)20-9-5-3-6-10-20/h3-16,19,24,26H,17-18H2,1-2H3. The summed E-state index contributed by atoms with van der Waals surface area (Å²) in [5.74, 6) is 0.270. The fourth-order valence-electron chi connectivity index (χ4n) is 3.74. The topological polar surface area (TPSA) is 46.6 Å². The molecule has 0 bridgehead atoms. The van der Waals surface area contributed by atoms with Crippen LogP contribution in [0.2, 0.25) is 0 Å². The molecule has 1 fully saturated rings. The fraction of sp³-hybridized carbons (Fsp3) is 0.259. The van der Waals surface area contributed by atoms with Crippen molar-refractivity contribution in [3.05, 3.63) is 96.1 Å². The fourth-order valence-corrected chi connectivity index (χ4v) is 5.15. The molecule has 3 aromatic rings. The predicted molar refractivity (Wildman–Crippen MR) is 129 cm³/mol. The summed E-state index contributed by atoms with van der Waals surface area (Å²) in [6.07, 6.45) is 0. The zero-order chi connectivity index (χ0) is 22.5. The second-order valence-corrected chi connectivity index (χ2v) is 9.41. The van der Waals surface area contributed by atoms with Crippen molar-refractivity contribution in [3.8, 4) is 11.1 Å². The summed E-state index contributed by atoms with van der Waals surface area (Å²) in [7, 11) is 0. The first-order valence-electron chi connectivity index (χ1n) is 10.9. The highest BCUT2D eigenvalue weighted by atomic mass is 32.2. The van der Waals surface area contributed by atoms with E-state index in [1.165, 1.54) is 0 Å². The van der Waals surface area contributed by atoms with Crippen molar-refractivity contribution >= 4 is 23.6 Å². The molecule has 2 unspecified atom stereocenters. The molecular weight excluding hydrogens is 418 g/mol. The van der Waals surface area contributed by atoms with Crippen LogP contribution >= 0.6 is 11.8 Å². The number of hydrogen-bond donors (Lipinski definition) is 0. The van der Waals surface area contributed by atoms with Gasteiger partial charge in [0.2, 0.25) is 0 Å². The van der Waals surface area contributed by atoms with Crippen molar-refractivity contribution in [2.45, 2.75) is 25.3 Å². The van der Waals surface area contributed by atoms with Crippen LogP contribution in [-0.2, 0) is 9.53 Å². The molecule has 1 amide bonds. The Balaban J connectivity index is 1.62. The number of carbonyl (C=O) groups excluding carboxylic acids is 2. The average Bonchev–Trinajstić information content (AvgIpc) is 3.28. The molecule has 1 aliphatic heterocycles. The van der Waals surface area contributed by atoms with E-state index in [4.69, 9.17) is 4.74 Å². The summed E-state index contributed by atoms with van der Waals surface area (Å²) in [6.45, 7) is 4.35. The second kappa shape index (κ2) is 10.0. The molecular formula is C27H27NO3S. The largest absolute Gasteiger partial charge is 0.464 e. The van der Waals surface area contributed by atoms with Gasteiger partial charge >= 0.3 is 5.97 Å². The number of hydrogen-bond acceptors (Lipinski definition) is 4. The smallest absolute Gasteiger partial charge is 0.329 e. The number of carbonyl (C=O) groups is 2. The third kappa shape index (κ3) is 4.89. The summed E-state index contributed by atoms with van der Waals surface area (Å²) in [5, 5.41) is -0.228. The van der Waals surface area contributed by atoms with Gasteiger partial charge in [-0.1, -0.05) is 86.6 Å². The third-order valence-electron chi connectivity index (χ3n) is 5.39. The highest BCUT2D eigenvalue weighted by Crippen LogP contribution is 2.42. The van der Waals surface area contributed by atoms with Crippen LogP contribution in [0, 0.1) is 5.92 Å². The van der Waals surface area contributed by atoms with Crippen LogP contribution < -0.4 is 0 Å². The van der Waals surface area contributed by atoms with Crippen LogP contribution in [0.1, 0.15) is 35.1 Å². The Hall–Kier alpha value is -3.05. The Morgan fingerprint density at radius 1 is 0.906 bits per heavy atom. The van der Waals surface area contributed by atoms with Crippen LogP contribution in [0.4, 0.5) is 0 Å². The van der Waals surface area contributed by atoms with E-state index in [9.17, 15) is 9.59 Å². The number of ether oxygens (including phenoxy) is 1. The normalized spacial score (nSPS) is 18.0. The summed E-state index contributed by atoms with van der Waals surface area (Å²) >= 11 is 1.60. The van der Waals surface area contributed by atoms with Gasteiger partial charge in [0.1, 0.15) is 11.4 Å². The molecule has 0 aromatic heterocycles. The van der Waals surface area contributed by atoms with Crippen molar-refractivity contribution < 1.29 is 14.3 Å². The molecule has 0 radical (unpaired) electrons. The van der Waals surface area contributed by atoms with Gasteiger partial charge in [0.25, 0.3) is 5.91 Å². The number of benzene rings is 3. The molecule has 3 aromatic carbocycles. The van der Waals surface area contributed by atoms with Crippen molar-refractivity contribution in [1.82, 2.24) is 4.90 Å². The van der Waals surface area contributed by atoms with E-state index in [2.05, 4.69) is 0 Å². The van der Waals surface area contributed by atoms with E-state index in [0.29, 0.717) is 17.9 Å². The van der Waals surface area contributed by atoms with Gasteiger partial charge < -0.3 is 9.64 Å². The minimum atomic E-state index is -0.606. The molecule has 4 nitrogen and oxygen atoms in total. The number of thioether (sulfide) groups is 1. The molecule has 0 N–H and O–H groups in total. The first kappa shape index (κ1) is 22.2. The quantitative estimate of drug-likeness (QED) is 0.449. The lowest BCUT2D eigenvalue weighted by Crippen LogP contribution is -2.44. The molecule has 2 atom stereocenters. The van der Waals surface area contributed by atoms with E-state index in [0.717, 1.165) is 16.7 Å². The summed E-state index contributed by atoms with van der Waals surface area (Å²) < 4.78 is 5.52. The maximum atomic E-state index is 13.6. The number of nitrogens with zero attached hydrogens (tertiary/aromatic N) is 1. The molecule has 32 heavy (non-hydrogen) atoms. The first-order chi connectivity index (χ1) is 15.5. The van der Waals surface area contributed by atoms with E-state index < -0.39 is 6.04 Å². The zero-order valence-electron chi connectivity index (χ0n) is 18.3. The van der Waals surface area contributed by atoms with Crippen LogP contribution in [-0.4, -0.2) is 35.2 Å². The predicted octanol–water partition coefficient (Wildman–Crippen LogP) is 5.81. The molecule has 4 rings (SSSR count). The van der Waals surface area contributed by atoms with E-state index in [1.807, 2.05) is 98.8 Å². The van der Waals surface area contributed by atoms with Crippen LogP contribution in [0.25, 0.3) is 11.1 Å². The van der Waals surface area contributed by atoms with Gasteiger partial charge in [-0.2, -0.15) is 0 Å². The van der Waals surface area contributed by atoms with E-state index in [-0.39, 0.29) is 23.2 Å². The maximum Gasteiger partial charge on any atom is 0.329 e. The molecule has 0 saturated carbocycles. The van der Waals surface area contributed by atoms with Crippen molar-refractivity contribution in [2.75, 3.05) is 12.4 Å². The molecule has 1 heterocycles. The van der Waals surface area contributed by atoms with E-state index in [1.54, 1.807) is 16.7 Å². The van der Waals surface area contributed by atoms with Crippen LogP contribution in [0.15, 0.2) is 84.9 Å². The van der Waals surface area contributed by atoms with Gasteiger partial charge in [0.05, 0.1) is 6.61 Å². The van der Waals surface area contributed by atoms with Gasteiger partial charge in [-0.05, 0) is 34.7 Å². The van der Waals surface area contributed by atoms with Gasteiger partial charge in [-0.15, -0.1) is 11.8 Å². The third-order valence-corrected chi connectivity index (χ3v) is 6.71. The van der Waals surface area contributed by atoms with Crippen molar-refractivity contribution in [3.63, 3.8) is 0 Å². The number of esters is 1. The minimum absolute atomic E-state index is 0.157. The van der Waals surface area contributed by atoms with Crippen LogP contribution in [0.3, 0.4) is 0 Å². The summed E-state index contributed by atoms with van der Waals surface area (Å²) in [4.78, 5) is 28.2. The molecule has 1 saturated heterocycles. The van der Waals surface area contributed by atoms with Crippen molar-refractivity contribution in [2.24, 2.45) is 5.92 Å². The van der Waals surface area contributed by atoms with Gasteiger partial charge in [-0.25, -0.2) is 4.79 Å². The number of amides is 1. The Morgan fingerprint density at radius 3 is 2.12 bits per heavy atom. The van der Waals surface area contributed by atoms with Crippen LogP contribution in [0.5, 0.6) is 0 Å². The van der Waals surface area contributed by atoms with Crippen molar-refractivity contribution in [1.29, 1.82) is 0 Å². The van der Waals surface area contributed by atoms with Gasteiger partial charge in [-0.3, -0.25) is 4.79 Å². The molecule has 1 aliphatic rings. The Bertz CT molecular complexity index is 1050. The SMILES string of the molecule is CC(C)COC(=O)C1CSC(c2ccccc2)N1C(=O)c1ccc(-c2ccccc2)cc1. The van der Waals surface area contributed by atoms with E-state index >= 15 is 0 Å². The average molecular weight is 446 g/mol. The highest BCUT2D eigenvalue weighted by molar-refractivity contribution is 7.99. The summed E-state index contributed by atoms with van der Waals surface area (Å²) in [6, 6.07) is 26.9.